The quantitative estimate of drug-likeness (QED) is 0.132. The molecule has 1 amide bonds. The second-order valence-corrected chi connectivity index (χ2v) is 13.4. The van der Waals surface area contributed by atoms with Gasteiger partial charge >= 0.3 is 0 Å². The zero-order valence-electron chi connectivity index (χ0n) is 25.9. The average Bonchev–Trinajstić information content (AvgIpc) is 3.30. The van der Waals surface area contributed by atoms with Gasteiger partial charge in [0, 0.05) is 33.2 Å². The molecule has 0 bridgehead atoms. The molecule has 5 rings (SSSR count). The van der Waals surface area contributed by atoms with Crippen molar-refractivity contribution in [1.82, 2.24) is 9.99 Å². The number of hydrazone groups is 1. The van der Waals surface area contributed by atoms with E-state index < -0.39 is 10.0 Å². The lowest BCUT2D eigenvalue weighted by molar-refractivity contribution is 0.0955. The Morgan fingerprint density at radius 2 is 1.58 bits per heavy atom. The number of benzene rings is 4. The fraction of sp³-hybridized carbons (Fsp3) is 0.167. The van der Waals surface area contributed by atoms with Crippen LogP contribution in [0.4, 0.5) is 5.69 Å². The molecule has 0 saturated heterocycles. The molecule has 0 fully saturated rings. The Hall–Kier alpha value is -4.66. The fourth-order valence-electron chi connectivity index (χ4n) is 5.37. The van der Waals surface area contributed by atoms with Gasteiger partial charge in [0.05, 0.1) is 23.3 Å². The van der Waals surface area contributed by atoms with Crippen LogP contribution in [0.3, 0.4) is 0 Å². The maximum Gasteiger partial charge on any atom is 0.271 e. The molecule has 0 radical (unpaired) electrons. The van der Waals surface area contributed by atoms with E-state index in [1.807, 2.05) is 26.8 Å². The number of anilines is 1. The Balaban J connectivity index is 1.33. The summed E-state index contributed by atoms with van der Waals surface area (Å²) in [5.74, 6) is -0.375. The van der Waals surface area contributed by atoms with Gasteiger partial charge in [-0.2, -0.15) is 5.10 Å². The maximum atomic E-state index is 13.8. The lowest BCUT2D eigenvalue weighted by Crippen LogP contribution is -2.31. The first-order valence-corrected chi connectivity index (χ1v) is 16.3. The largest absolute Gasteiger partial charge is 0.318 e. The highest BCUT2D eigenvalue weighted by Crippen LogP contribution is 2.31. The van der Waals surface area contributed by atoms with Crippen molar-refractivity contribution in [3.63, 3.8) is 0 Å². The van der Waals surface area contributed by atoms with Crippen molar-refractivity contribution < 1.29 is 13.2 Å². The summed E-state index contributed by atoms with van der Waals surface area (Å²) in [6.45, 7) is 10.1. The Bertz CT molecular complexity index is 2000. The van der Waals surface area contributed by atoms with Gasteiger partial charge < -0.3 is 4.57 Å². The topological polar surface area (TPSA) is 83.8 Å². The third kappa shape index (κ3) is 6.87. The minimum absolute atomic E-state index is 0.0501. The third-order valence-corrected chi connectivity index (χ3v) is 9.76. The molecule has 4 aromatic carbocycles. The van der Waals surface area contributed by atoms with Crippen LogP contribution < -0.4 is 9.73 Å². The van der Waals surface area contributed by atoms with Crippen LogP contribution in [0.15, 0.2) is 107 Å². The van der Waals surface area contributed by atoms with Crippen LogP contribution in [-0.2, 0) is 16.6 Å². The third-order valence-electron chi connectivity index (χ3n) is 7.75. The van der Waals surface area contributed by atoms with E-state index in [1.165, 1.54) is 15.4 Å². The number of sulfonamides is 1. The molecule has 45 heavy (non-hydrogen) atoms. The number of carbonyl (C=O) groups excluding carboxylic acids is 1. The van der Waals surface area contributed by atoms with Crippen molar-refractivity contribution in [2.45, 2.75) is 46.1 Å². The predicted octanol–water partition coefficient (Wildman–Crippen LogP) is 7.83. The molecule has 0 aliphatic heterocycles. The molecule has 0 aliphatic rings. The van der Waals surface area contributed by atoms with Crippen molar-refractivity contribution >= 4 is 39.4 Å². The summed E-state index contributed by atoms with van der Waals surface area (Å²) in [7, 11) is -3.91. The van der Waals surface area contributed by atoms with E-state index in [4.69, 9.17) is 11.6 Å². The van der Waals surface area contributed by atoms with E-state index in [9.17, 15) is 13.2 Å². The first-order chi connectivity index (χ1) is 21.5. The van der Waals surface area contributed by atoms with Crippen molar-refractivity contribution in [1.29, 1.82) is 0 Å². The van der Waals surface area contributed by atoms with Crippen LogP contribution in [0.1, 0.15) is 49.6 Å². The molecule has 0 saturated carbocycles. The number of aromatic nitrogens is 1. The van der Waals surface area contributed by atoms with Crippen molar-refractivity contribution in [2.24, 2.45) is 5.10 Å². The van der Waals surface area contributed by atoms with Gasteiger partial charge in [0.1, 0.15) is 0 Å². The van der Waals surface area contributed by atoms with Crippen LogP contribution in [0.5, 0.6) is 0 Å². The second kappa shape index (κ2) is 13.1. The molecule has 7 nitrogen and oxygen atoms in total. The number of nitrogens with zero attached hydrogens (tertiary/aromatic N) is 3. The molecule has 0 unspecified atom stereocenters. The van der Waals surface area contributed by atoms with Gasteiger partial charge in [-0.25, -0.2) is 13.8 Å². The molecule has 5 aromatic rings. The van der Waals surface area contributed by atoms with Crippen LogP contribution in [-0.4, -0.2) is 25.1 Å². The number of hydrogen-bond acceptors (Lipinski definition) is 4. The number of aryl methyl sites for hydroxylation is 4. The molecular weight excluding hydrogens is 604 g/mol. The zero-order valence-corrected chi connectivity index (χ0v) is 27.4. The van der Waals surface area contributed by atoms with Crippen LogP contribution in [0.2, 0.25) is 5.02 Å². The smallest absolute Gasteiger partial charge is 0.271 e. The highest BCUT2D eigenvalue weighted by molar-refractivity contribution is 7.92. The number of halogens is 1. The standard InChI is InChI=1S/C36H35ClN4O3S/c1-24-11-18-34(26(3)19-24)41-27(4)20-31(28(41)5)22-38-39-36(42)30-15-13-29(14-16-30)23-40(35-21-32(37)17-12-25(35)2)45(43,44)33-9-7-6-8-10-33/h6-22H,23H2,1-5H3,(H,39,42)/b38-22+. The molecular formula is C36H35ClN4O3S. The van der Waals surface area contributed by atoms with Crippen LogP contribution >= 0.6 is 11.6 Å². The number of carbonyl (C=O) groups is 1. The number of nitrogens with one attached hydrogen (secondary N) is 1. The number of amides is 1. The minimum Gasteiger partial charge on any atom is -0.318 e. The van der Waals surface area contributed by atoms with Crippen LogP contribution in [0.25, 0.3) is 5.69 Å². The normalized spacial score (nSPS) is 11.6. The van der Waals surface area contributed by atoms with E-state index in [0.717, 1.165) is 28.2 Å². The number of rotatable bonds is 9. The maximum absolute atomic E-state index is 13.8. The van der Waals surface area contributed by atoms with Gasteiger partial charge in [-0.05, 0) is 99.8 Å². The SMILES string of the molecule is Cc1ccc(-n2c(C)cc(/C=N/NC(=O)c3ccc(CN(c4cc(Cl)ccc4C)S(=O)(=O)c4ccccc4)cc3)c2C)c(C)c1. The molecule has 0 atom stereocenters. The van der Waals surface area contributed by atoms with Crippen LogP contribution in [0, 0.1) is 34.6 Å². The van der Waals surface area contributed by atoms with Crippen molar-refractivity contribution in [2.75, 3.05) is 4.31 Å². The van der Waals surface area contributed by atoms with E-state index in [2.05, 4.69) is 47.1 Å². The Morgan fingerprint density at radius 1 is 0.867 bits per heavy atom. The monoisotopic (exact) mass is 638 g/mol. The fourth-order valence-corrected chi connectivity index (χ4v) is 7.06. The van der Waals surface area contributed by atoms with Crippen molar-refractivity contribution in [3.8, 4) is 5.69 Å². The molecule has 0 aliphatic carbocycles. The Kier molecular flexibility index (Phi) is 9.27. The molecule has 1 aromatic heterocycles. The van der Waals surface area contributed by atoms with Gasteiger partial charge in [-0.1, -0.05) is 65.7 Å². The first kappa shape index (κ1) is 31.8. The molecule has 230 valence electrons. The molecule has 1 N–H and O–H groups in total. The summed E-state index contributed by atoms with van der Waals surface area (Å²) in [4.78, 5) is 13.1. The second-order valence-electron chi connectivity index (χ2n) is 11.1. The summed E-state index contributed by atoms with van der Waals surface area (Å²) in [5, 5.41) is 4.65. The molecule has 0 spiro atoms. The minimum atomic E-state index is -3.91. The van der Waals surface area contributed by atoms with Gasteiger partial charge in [0.2, 0.25) is 0 Å². The summed E-state index contributed by atoms with van der Waals surface area (Å²) >= 11 is 6.27. The predicted molar refractivity (Wildman–Crippen MR) is 182 cm³/mol. The average molecular weight is 639 g/mol. The summed E-state index contributed by atoms with van der Waals surface area (Å²) in [5.41, 5.74) is 11.5. The number of hydrogen-bond donors (Lipinski definition) is 1. The first-order valence-electron chi connectivity index (χ1n) is 14.5. The van der Waals surface area contributed by atoms with Crippen molar-refractivity contribution in [3.05, 3.63) is 147 Å². The van der Waals surface area contributed by atoms with Gasteiger partial charge in [0.15, 0.2) is 0 Å². The van der Waals surface area contributed by atoms with E-state index >= 15 is 0 Å². The highest BCUT2D eigenvalue weighted by atomic mass is 35.5. The summed E-state index contributed by atoms with van der Waals surface area (Å²) in [6.07, 6.45) is 1.65. The lowest BCUT2D eigenvalue weighted by atomic mass is 10.1. The van der Waals surface area contributed by atoms with E-state index in [-0.39, 0.29) is 17.3 Å². The highest BCUT2D eigenvalue weighted by Gasteiger charge is 2.26. The lowest BCUT2D eigenvalue weighted by Gasteiger charge is -2.26. The van der Waals surface area contributed by atoms with Gasteiger partial charge in [-0.15, -0.1) is 0 Å². The molecule has 9 heteroatoms. The van der Waals surface area contributed by atoms with E-state index in [1.54, 1.807) is 79.0 Å². The van der Waals surface area contributed by atoms with Gasteiger partial charge in [-0.3, -0.25) is 9.10 Å². The Morgan fingerprint density at radius 3 is 2.27 bits per heavy atom. The zero-order chi connectivity index (χ0) is 32.3. The Labute approximate surface area is 269 Å². The summed E-state index contributed by atoms with van der Waals surface area (Å²) in [6, 6.07) is 28.7. The molecule has 1 heterocycles. The van der Waals surface area contributed by atoms with Gasteiger partial charge in [0.25, 0.3) is 15.9 Å². The van der Waals surface area contributed by atoms with E-state index in [0.29, 0.717) is 21.8 Å². The summed E-state index contributed by atoms with van der Waals surface area (Å²) < 4.78 is 31.1.